The second-order valence-electron chi connectivity index (χ2n) is 4.90. The number of aliphatic hydroxyl groups is 1. The number of aliphatic hydroxyl groups excluding tert-OH is 1. The lowest BCUT2D eigenvalue weighted by molar-refractivity contribution is 0.255. The third-order valence-electron chi connectivity index (χ3n) is 3.25. The number of hydrogen-bond donors (Lipinski definition) is 2. The summed E-state index contributed by atoms with van der Waals surface area (Å²) in [5.74, 6) is 0.895. The summed E-state index contributed by atoms with van der Waals surface area (Å²) in [6.45, 7) is 4.91. The lowest BCUT2D eigenvalue weighted by Gasteiger charge is -2.30. The monoisotopic (exact) mass is 199 g/mol. The minimum absolute atomic E-state index is 0.326. The Morgan fingerprint density at radius 3 is 2.86 bits per heavy atom. The molecule has 84 valence electrons. The van der Waals surface area contributed by atoms with Crippen LogP contribution in [-0.4, -0.2) is 23.8 Å². The van der Waals surface area contributed by atoms with Crippen molar-refractivity contribution in [3.63, 3.8) is 0 Å². The molecule has 0 unspecified atom stereocenters. The molecule has 0 aromatic carbocycles. The van der Waals surface area contributed by atoms with Gasteiger partial charge in [-0.2, -0.15) is 0 Å². The molecule has 1 aliphatic rings. The molecule has 1 fully saturated rings. The Morgan fingerprint density at radius 1 is 1.43 bits per heavy atom. The zero-order valence-electron chi connectivity index (χ0n) is 9.63. The molecule has 0 heterocycles. The van der Waals surface area contributed by atoms with Crippen LogP contribution in [0.2, 0.25) is 0 Å². The summed E-state index contributed by atoms with van der Waals surface area (Å²) in [6.07, 6.45) is 7.49. The first-order valence-electron chi connectivity index (χ1n) is 6.09. The summed E-state index contributed by atoms with van der Waals surface area (Å²) >= 11 is 0. The second kappa shape index (κ2) is 6.41. The van der Waals surface area contributed by atoms with Crippen molar-refractivity contribution in [2.24, 2.45) is 5.92 Å². The normalized spacial score (nSPS) is 30.2. The fraction of sp³-hybridized carbons (Fsp3) is 1.00. The standard InChI is InChI=1S/C12H25NO/c1-10-5-3-7-12(9-10)13-11(2)6-4-8-14/h10-14H,3-9H2,1-2H3/t10-,11-,12+/m1/s1. The summed E-state index contributed by atoms with van der Waals surface area (Å²) in [7, 11) is 0. The zero-order chi connectivity index (χ0) is 10.4. The van der Waals surface area contributed by atoms with Gasteiger partial charge in [-0.25, -0.2) is 0 Å². The van der Waals surface area contributed by atoms with Crippen LogP contribution in [0.1, 0.15) is 52.4 Å². The van der Waals surface area contributed by atoms with Gasteiger partial charge in [-0.05, 0) is 38.5 Å². The van der Waals surface area contributed by atoms with Gasteiger partial charge < -0.3 is 10.4 Å². The van der Waals surface area contributed by atoms with Crippen LogP contribution in [0.3, 0.4) is 0 Å². The van der Waals surface area contributed by atoms with E-state index in [0.29, 0.717) is 12.6 Å². The Labute approximate surface area is 88.1 Å². The first-order valence-corrected chi connectivity index (χ1v) is 6.09. The summed E-state index contributed by atoms with van der Waals surface area (Å²) < 4.78 is 0. The summed E-state index contributed by atoms with van der Waals surface area (Å²) in [5, 5.41) is 12.4. The van der Waals surface area contributed by atoms with Crippen molar-refractivity contribution in [1.29, 1.82) is 0 Å². The molecule has 0 saturated heterocycles. The summed E-state index contributed by atoms with van der Waals surface area (Å²) in [6, 6.07) is 1.30. The molecule has 14 heavy (non-hydrogen) atoms. The highest BCUT2D eigenvalue weighted by Crippen LogP contribution is 2.23. The lowest BCUT2D eigenvalue weighted by Crippen LogP contribution is -2.39. The molecule has 0 aromatic rings. The van der Waals surface area contributed by atoms with Gasteiger partial charge in [0.15, 0.2) is 0 Å². The molecule has 1 aliphatic carbocycles. The lowest BCUT2D eigenvalue weighted by atomic mass is 9.86. The predicted molar refractivity (Wildman–Crippen MR) is 60.3 cm³/mol. The maximum absolute atomic E-state index is 8.74. The largest absolute Gasteiger partial charge is 0.396 e. The van der Waals surface area contributed by atoms with Crippen molar-refractivity contribution >= 4 is 0 Å². The van der Waals surface area contributed by atoms with E-state index in [1.165, 1.54) is 25.7 Å². The van der Waals surface area contributed by atoms with E-state index in [9.17, 15) is 0 Å². The van der Waals surface area contributed by atoms with Crippen LogP contribution in [0.5, 0.6) is 0 Å². The third kappa shape index (κ3) is 4.43. The SMILES string of the molecule is C[C@@H]1CCC[C@H](N[C@H](C)CCCO)C1. The first kappa shape index (κ1) is 12.0. The van der Waals surface area contributed by atoms with Crippen molar-refractivity contribution in [2.45, 2.75) is 64.5 Å². The minimum atomic E-state index is 0.326. The van der Waals surface area contributed by atoms with Gasteiger partial charge in [-0.1, -0.05) is 19.8 Å². The van der Waals surface area contributed by atoms with Crippen LogP contribution in [0.25, 0.3) is 0 Å². The van der Waals surface area contributed by atoms with Crippen molar-refractivity contribution in [2.75, 3.05) is 6.61 Å². The molecule has 1 saturated carbocycles. The Bertz CT molecular complexity index is 149. The number of rotatable bonds is 5. The highest BCUT2D eigenvalue weighted by molar-refractivity contribution is 4.78. The Kier molecular flexibility index (Phi) is 5.49. The van der Waals surface area contributed by atoms with Crippen LogP contribution >= 0.6 is 0 Å². The molecule has 2 nitrogen and oxygen atoms in total. The molecule has 1 rings (SSSR count). The highest BCUT2D eigenvalue weighted by Gasteiger charge is 2.19. The molecule has 0 radical (unpaired) electrons. The third-order valence-corrected chi connectivity index (χ3v) is 3.25. The van der Waals surface area contributed by atoms with Crippen molar-refractivity contribution in [3.8, 4) is 0 Å². The number of hydrogen-bond acceptors (Lipinski definition) is 2. The van der Waals surface area contributed by atoms with Gasteiger partial charge in [-0.15, -0.1) is 0 Å². The Morgan fingerprint density at radius 2 is 2.21 bits per heavy atom. The Balaban J connectivity index is 2.15. The maximum Gasteiger partial charge on any atom is 0.0431 e. The van der Waals surface area contributed by atoms with E-state index in [4.69, 9.17) is 5.11 Å². The zero-order valence-corrected chi connectivity index (χ0v) is 9.63. The van der Waals surface area contributed by atoms with E-state index in [0.717, 1.165) is 24.8 Å². The number of nitrogens with one attached hydrogen (secondary N) is 1. The van der Waals surface area contributed by atoms with Crippen molar-refractivity contribution < 1.29 is 5.11 Å². The van der Waals surface area contributed by atoms with Gasteiger partial charge >= 0.3 is 0 Å². The molecule has 2 N–H and O–H groups in total. The van der Waals surface area contributed by atoms with Gasteiger partial charge in [-0.3, -0.25) is 0 Å². The molecule has 0 amide bonds. The van der Waals surface area contributed by atoms with Gasteiger partial charge in [0.1, 0.15) is 0 Å². The summed E-state index contributed by atoms with van der Waals surface area (Å²) in [4.78, 5) is 0. The van der Waals surface area contributed by atoms with Crippen LogP contribution in [0, 0.1) is 5.92 Å². The fourth-order valence-corrected chi connectivity index (χ4v) is 2.47. The van der Waals surface area contributed by atoms with Crippen LogP contribution < -0.4 is 5.32 Å². The topological polar surface area (TPSA) is 32.3 Å². The van der Waals surface area contributed by atoms with Crippen LogP contribution in [0.15, 0.2) is 0 Å². The smallest absolute Gasteiger partial charge is 0.0431 e. The molecular formula is C12H25NO. The van der Waals surface area contributed by atoms with E-state index in [1.54, 1.807) is 0 Å². The average Bonchev–Trinajstić information content (AvgIpc) is 2.15. The fourth-order valence-electron chi connectivity index (χ4n) is 2.47. The van der Waals surface area contributed by atoms with Crippen molar-refractivity contribution in [1.82, 2.24) is 5.32 Å². The van der Waals surface area contributed by atoms with E-state index < -0.39 is 0 Å². The first-order chi connectivity index (χ1) is 6.72. The molecule has 0 bridgehead atoms. The van der Waals surface area contributed by atoms with E-state index >= 15 is 0 Å². The van der Waals surface area contributed by atoms with E-state index in [1.807, 2.05) is 0 Å². The van der Waals surface area contributed by atoms with Crippen molar-refractivity contribution in [3.05, 3.63) is 0 Å². The average molecular weight is 199 g/mol. The van der Waals surface area contributed by atoms with Gasteiger partial charge in [0, 0.05) is 18.7 Å². The molecule has 2 heteroatoms. The summed E-state index contributed by atoms with van der Waals surface area (Å²) in [5.41, 5.74) is 0. The predicted octanol–water partition coefficient (Wildman–Crippen LogP) is 2.32. The van der Waals surface area contributed by atoms with Crippen LogP contribution in [0.4, 0.5) is 0 Å². The molecule has 0 aliphatic heterocycles. The molecule has 0 aromatic heterocycles. The van der Waals surface area contributed by atoms with Crippen LogP contribution in [-0.2, 0) is 0 Å². The minimum Gasteiger partial charge on any atom is -0.396 e. The van der Waals surface area contributed by atoms with Gasteiger partial charge in [0.25, 0.3) is 0 Å². The molecule has 3 atom stereocenters. The molecular weight excluding hydrogens is 174 g/mol. The maximum atomic E-state index is 8.74. The van der Waals surface area contributed by atoms with E-state index in [-0.39, 0.29) is 0 Å². The quantitative estimate of drug-likeness (QED) is 0.712. The Hall–Kier alpha value is -0.0800. The van der Waals surface area contributed by atoms with Gasteiger partial charge in [0.05, 0.1) is 0 Å². The van der Waals surface area contributed by atoms with Gasteiger partial charge in [0.2, 0.25) is 0 Å². The second-order valence-corrected chi connectivity index (χ2v) is 4.90. The molecule has 0 spiro atoms. The highest BCUT2D eigenvalue weighted by atomic mass is 16.2. The van der Waals surface area contributed by atoms with E-state index in [2.05, 4.69) is 19.2 Å².